The highest BCUT2D eigenvalue weighted by Gasteiger charge is 2.24. The lowest BCUT2D eigenvalue weighted by molar-refractivity contribution is 0.250. The minimum absolute atomic E-state index is 0. The molecule has 24 heavy (non-hydrogen) atoms. The van der Waals surface area contributed by atoms with Crippen molar-refractivity contribution in [1.29, 1.82) is 0 Å². The van der Waals surface area contributed by atoms with Crippen molar-refractivity contribution in [2.75, 3.05) is 32.7 Å². The molecule has 0 amide bonds. The Balaban J connectivity index is 0.00000288. The molecule has 1 aliphatic carbocycles. The SMILES string of the molecule is CCNC(=NCC1CCN(CC)C1)NC1CCC(C(C)C)CC1.I. The second-order valence-electron chi connectivity index (χ2n) is 7.77. The average Bonchev–Trinajstić information content (AvgIpc) is 3.01. The normalized spacial score (nSPS) is 28.7. The van der Waals surface area contributed by atoms with Gasteiger partial charge in [0, 0.05) is 25.7 Å². The molecule has 0 spiro atoms. The van der Waals surface area contributed by atoms with Gasteiger partial charge in [0.1, 0.15) is 0 Å². The fourth-order valence-electron chi connectivity index (χ4n) is 4.01. The highest BCUT2D eigenvalue weighted by Crippen LogP contribution is 2.29. The third kappa shape index (κ3) is 7.06. The second-order valence-corrected chi connectivity index (χ2v) is 7.77. The largest absolute Gasteiger partial charge is 0.357 e. The number of nitrogens with one attached hydrogen (secondary N) is 2. The summed E-state index contributed by atoms with van der Waals surface area (Å²) in [6, 6.07) is 0.610. The molecule has 2 fully saturated rings. The summed E-state index contributed by atoms with van der Waals surface area (Å²) in [7, 11) is 0. The Labute approximate surface area is 166 Å². The van der Waals surface area contributed by atoms with E-state index in [1.807, 2.05) is 0 Å². The maximum absolute atomic E-state index is 4.88. The van der Waals surface area contributed by atoms with Crippen LogP contribution in [0.15, 0.2) is 4.99 Å². The zero-order chi connectivity index (χ0) is 16.7. The molecule has 0 bridgehead atoms. The number of nitrogens with zero attached hydrogens (tertiary/aromatic N) is 2. The van der Waals surface area contributed by atoms with E-state index in [1.54, 1.807) is 0 Å². The highest BCUT2D eigenvalue weighted by atomic mass is 127. The lowest BCUT2D eigenvalue weighted by atomic mass is 9.80. The highest BCUT2D eigenvalue weighted by molar-refractivity contribution is 14.0. The van der Waals surface area contributed by atoms with Crippen LogP contribution in [0, 0.1) is 17.8 Å². The molecule has 1 unspecified atom stereocenters. The van der Waals surface area contributed by atoms with Gasteiger partial charge in [-0.2, -0.15) is 0 Å². The van der Waals surface area contributed by atoms with Gasteiger partial charge in [-0.1, -0.05) is 20.8 Å². The third-order valence-electron chi connectivity index (χ3n) is 5.72. The quantitative estimate of drug-likeness (QED) is 0.368. The molecule has 1 heterocycles. The van der Waals surface area contributed by atoms with Crippen LogP contribution in [-0.2, 0) is 0 Å². The molecule has 1 aliphatic heterocycles. The predicted molar refractivity (Wildman–Crippen MR) is 115 cm³/mol. The van der Waals surface area contributed by atoms with E-state index in [-0.39, 0.29) is 24.0 Å². The van der Waals surface area contributed by atoms with Crippen molar-refractivity contribution >= 4 is 29.9 Å². The molecule has 0 aromatic heterocycles. The molecule has 1 atom stereocenters. The van der Waals surface area contributed by atoms with Crippen LogP contribution >= 0.6 is 24.0 Å². The van der Waals surface area contributed by atoms with E-state index in [4.69, 9.17) is 4.99 Å². The van der Waals surface area contributed by atoms with E-state index >= 15 is 0 Å². The van der Waals surface area contributed by atoms with Gasteiger partial charge in [-0.15, -0.1) is 24.0 Å². The van der Waals surface area contributed by atoms with Crippen molar-refractivity contribution in [2.45, 2.75) is 65.8 Å². The number of guanidine groups is 1. The first-order valence-electron chi connectivity index (χ1n) is 9.89. The van der Waals surface area contributed by atoms with Crippen LogP contribution in [0.2, 0.25) is 0 Å². The van der Waals surface area contributed by atoms with Gasteiger partial charge < -0.3 is 15.5 Å². The number of hydrogen-bond donors (Lipinski definition) is 2. The fourth-order valence-corrected chi connectivity index (χ4v) is 4.01. The molecule has 5 heteroatoms. The molecule has 4 nitrogen and oxygen atoms in total. The first-order valence-corrected chi connectivity index (χ1v) is 9.89. The molecule has 1 saturated heterocycles. The first kappa shape index (κ1) is 22.0. The van der Waals surface area contributed by atoms with Gasteiger partial charge in [0.25, 0.3) is 0 Å². The molecule has 142 valence electrons. The molecule has 2 rings (SSSR count). The van der Waals surface area contributed by atoms with E-state index < -0.39 is 0 Å². The molecule has 0 radical (unpaired) electrons. The van der Waals surface area contributed by atoms with Gasteiger partial charge in [0.2, 0.25) is 0 Å². The van der Waals surface area contributed by atoms with Gasteiger partial charge in [-0.25, -0.2) is 0 Å². The maximum atomic E-state index is 4.88. The summed E-state index contributed by atoms with van der Waals surface area (Å²) in [5.74, 6) is 3.53. The lowest BCUT2D eigenvalue weighted by Gasteiger charge is -2.32. The summed E-state index contributed by atoms with van der Waals surface area (Å²) in [4.78, 5) is 7.42. The topological polar surface area (TPSA) is 39.7 Å². The van der Waals surface area contributed by atoms with Crippen LogP contribution in [0.1, 0.15) is 59.8 Å². The number of rotatable bonds is 6. The molecule has 0 aromatic carbocycles. The molecule has 2 aliphatic rings. The van der Waals surface area contributed by atoms with Crippen molar-refractivity contribution < 1.29 is 0 Å². The van der Waals surface area contributed by atoms with Crippen molar-refractivity contribution in [3.05, 3.63) is 0 Å². The summed E-state index contributed by atoms with van der Waals surface area (Å²) in [6.07, 6.45) is 6.61. The second kappa shape index (κ2) is 11.6. The van der Waals surface area contributed by atoms with Crippen LogP contribution in [0.4, 0.5) is 0 Å². The van der Waals surface area contributed by atoms with Gasteiger partial charge in [0.15, 0.2) is 5.96 Å². The Morgan fingerprint density at radius 3 is 2.38 bits per heavy atom. The van der Waals surface area contributed by atoms with Gasteiger partial charge in [-0.05, 0) is 69.9 Å². The standard InChI is InChI=1S/C19H38N4.HI/c1-5-20-19(21-13-16-11-12-23(6-2)14-16)22-18-9-7-17(8-10-18)15(3)4;/h15-18H,5-14H2,1-4H3,(H2,20,21,22);1H. The van der Waals surface area contributed by atoms with Crippen molar-refractivity contribution in [1.82, 2.24) is 15.5 Å². The van der Waals surface area contributed by atoms with Crippen molar-refractivity contribution in [2.24, 2.45) is 22.7 Å². The summed E-state index contributed by atoms with van der Waals surface area (Å²) < 4.78 is 0. The predicted octanol–water partition coefficient (Wildman–Crippen LogP) is 3.72. The summed E-state index contributed by atoms with van der Waals surface area (Å²) in [5, 5.41) is 7.13. The zero-order valence-corrected chi connectivity index (χ0v) is 18.5. The van der Waals surface area contributed by atoms with Crippen LogP contribution in [0.25, 0.3) is 0 Å². The number of hydrogen-bond acceptors (Lipinski definition) is 2. The monoisotopic (exact) mass is 450 g/mol. The minimum atomic E-state index is 0. The number of likely N-dealkylation sites (tertiary alicyclic amines) is 1. The van der Waals surface area contributed by atoms with E-state index in [1.165, 1.54) is 51.7 Å². The van der Waals surface area contributed by atoms with Crippen LogP contribution < -0.4 is 10.6 Å². The Hall–Kier alpha value is -0.0400. The molecule has 0 aromatic rings. The summed E-state index contributed by atoms with van der Waals surface area (Å²) in [6.45, 7) is 14.7. The number of aliphatic imine (C=N–C) groups is 1. The van der Waals surface area contributed by atoms with Gasteiger partial charge >= 0.3 is 0 Å². The van der Waals surface area contributed by atoms with E-state index in [2.05, 4.69) is 43.2 Å². The molecule has 1 saturated carbocycles. The number of halogens is 1. The van der Waals surface area contributed by atoms with Gasteiger partial charge in [-0.3, -0.25) is 4.99 Å². The Bertz CT molecular complexity index is 364. The third-order valence-corrected chi connectivity index (χ3v) is 5.72. The van der Waals surface area contributed by atoms with Crippen LogP contribution in [-0.4, -0.2) is 49.6 Å². The van der Waals surface area contributed by atoms with E-state index in [0.29, 0.717) is 6.04 Å². The molecular weight excluding hydrogens is 411 g/mol. The van der Waals surface area contributed by atoms with Crippen LogP contribution in [0.5, 0.6) is 0 Å². The zero-order valence-electron chi connectivity index (χ0n) is 16.2. The Morgan fingerprint density at radius 2 is 1.83 bits per heavy atom. The lowest BCUT2D eigenvalue weighted by Crippen LogP contribution is -2.45. The van der Waals surface area contributed by atoms with Crippen molar-refractivity contribution in [3.8, 4) is 0 Å². The average molecular weight is 450 g/mol. The van der Waals surface area contributed by atoms with Crippen molar-refractivity contribution in [3.63, 3.8) is 0 Å². The fraction of sp³-hybridized carbons (Fsp3) is 0.947. The van der Waals surface area contributed by atoms with E-state index in [0.717, 1.165) is 36.8 Å². The molecular formula is C19H39IN4. The smallest absolute Gasteiger partial charge is 0.191 e. The first-order chi connectivity index (χ1) is 11.1. The minimum Gasteiger partial charge on any atom is -0.357 e. The summed E-state index contributed by atoms with van der Waals surface area (Å²) >= 11 is 0. The Kier molecular flexibility index (Phi) is 10.6. The summed E-state index contributed by atoms with van der Waals surface area (Å²) in [5.41, 5.74) is 0. The van der Waals surface area contributed by atoms with Crippen LogP contribution in [0.3, 0.4) is 0 Å². The van der Waals surface area contributed by atoms with Gasteiger partial charge in [0.05, 0.1) is 0 Å². The Morgan fingerprint density at radius 1 is 1.12 bits per heavy atom. The molecule has 2 N–H and O–H groups in total. The van der Waals surface area contributed by atoms with E-state index in [9.17, 15) is 0 Å². The maximum Gasteiger partial charge on any atom is 0.191 e.